The molecule has 7 rings (SSSR count). The van der Waals surface area contributed by atoms with Crippen molar-refractivity contribution in [2.75, 3.05) is 6.54 Å². The number of carboxylic acids is 1. The van der Waals surface area contributed by atoms with Crippen molar-refractivity contribution in [3.8, 4) is 0 Å². The molecule has 2 N–H and O–H groups in total. The summed E-state index contributed by atoms with van der Waals surface area (Å²) in [4.78, 5) is 29.6. The molecule has 4 aliphatic carbocycles. The number of pyridine rings is 1. The van der Waals surface area contributed by atoms with Crippen molar-refractivity contribution >= 4 is 17.5 Å². The molecular weight excluding hydrogens is 438 g/mol. The van der Waals surface area contributed by atoms with E-state index in [1.54, 1.807) is 0 Å². The number of amides is 1. The molecule has 1 amide bonds. The van der Waals surface area contributed by atoms with Crippen LogP contribution < -0.4 is 5.32 Å². The topological polar surface area (TPSA) is 83.7 Å². The van der Waals surface area contributed by atoms with E-state index in [0.29, 0.717) is 34.8 Å². The predicted molar refractivity (Wildman–Crippen MR) is 133 cm³/mol. The maximum absolute atomic E-state index is 13.2. The minimum atomic E-state index is -0.851. The molecule has 4 aliphatic rings. The molecule has 0 saturated heterocycles. The number of hydrogen-bond acceptors (Lipinski definition) is 3. The van der Waals surface area contributed by atoms with E-state index >= 15 is 0 Å². The molecule has 3 bridgehead atoms. The van der Waals surface area contributed by atoms with Crippen molar-refractivity contribution in [3.63, 3.8) is 0 Å². The molecule has 4 saturated carbocycles. The van der Waals surface area contributed by atoms with Gasteiger partial charge in [-0.2, -0.15) is 0 Å². The van der Waals surface area contributed by atoms with Gasteiger partial charge < -0.3 is 10.4 Å². The number of aliphatic carboxylic acids is 1. The molecule has 3 aromatic rings. The van der Waals surface area contributed by atoms with Gasteiger partial charge in [0, 0.05) is 18.7 Å². The van der Waals surface area contributed by atoms with E-state index < -0.39 is 5.97 Å². The molecule has 35 heavy (non-hydrogen) atoms. The van der Waals surface area contributed by atoms with Gasteiger partial charge in [-0.3, -0.25) is 14.0 Å². The Labute approximate surface area is 205 Å². The van der Waals surface area contributed by atoms with E-state index in [4.69, 9.17) is 4.98 Å². The highest BCUT2D eigenvalue weighted by atomic mass is 16.4. The Morgan fingerprint density at radius 3 is 2.60 bits per heavy atom. The number of hydrogen-bond donors (Lipinski definition) is 2. The second kappa shape index (κ2) is 8.81. The summed E-state index contributed by atoms with van der Waals surface area (Å²) in [6.07, 6.45) is 10.5. The summed E-state index contributed by atoms with van der Waals surface area (Å²) in [7, 11) is 0. The zero-order chi connectivity index (χ0) is 24.0. The number of carboxylic acid groups (broad SMARTS) is 1. The summed E-state index contributed by atoms with van der Waals surface area (Å²) in [6, 6.07) is 15.4. The molecule has 182 valence electrons. The molecule has 4 fully saturated rings. The normalized spacial score (nSPS) is 27.7. The van der Waals surface area contributed by atoms with Gasteiger partial charge in [0.25, 0.3) is 5.91 Å². The molecule has 1 spiro atoms. The first-order chi connectivity index (χ1) is 17.0. The van der Waals surface area contributed by atoms with E-state index in [2.05, 4.69) is 5.32 Å². The van der Waals surface area contributed by atoms with Crippen molar-refractivity contribution < 1.29 is 14.7 Å². The molecular formula is C29H33N3O3. The summed E-state index contributed by atoms with van der Waals surface area (Å²) in [6.45, 7) is 0.731. The Balaban J connectivity index is 1.19. The number of nitrogens with one attached hydrogen (secondary N) is 1. The van der Waals surface area contributed by atoms with Gasteiger partial charge in [-0.05, 0) is 85.8 Å². The molecule has 2 heterocycles. The van der Waals surface area contributed by atoms with Gasteiger partial charge in [0.1, 0.15) is 11.3 Å². The SMILES string of the molecule is O=C(O)CC(Cc1ccccc1)c1cn2c(C(=O)NCC3CC4CC5CC(C3)(C4)C5)cccc2n1. The fraction of sp³-hybridized carbons (Fsp3) is 0.483. The Kier molecular flexibility index (Phi) is 5.62. The highest BCUT2D eigenvalue weighted by Crippen LogP contribution is 2.64. The van der Waals surface area contributed by atoms with Crippen LogP contribution in [-0.4, -0.2) is 32.9 Å². The highest BCUT2D eigenvalue weighted by molar-refractivity contribution is 5.93. The van der Waals surface area contributed by atoms with E-state index in [-0.39, 0.29) is 18.2 Å². The third-order valence-corrected chi connectivity index (χ3v) is 8.68. The van der Waals surface area contributed by atoms with Crippen LogP contribution in [0.3, 0.4) is 0 Å². The van der Waals surface area contributed by atoms with Crippen LogP contribution in [-0.2, 0) is 11.2 Å². The molecule has 1 aromatic carbocycles. The van der Waals surface area contributed by atoms with E-state index in [9.17, 15) is 14.7 Å². The van der Waals surface area contributed by atoms with Gasteiger partial charge in [0.2, 0.25) is 0 Å². The Hall–Kier alpha value is -3.15. The number of rotatable bonds is 8. The number of benzene rings is 1. The Bertz CT molecular complexity index is 1240. The number of imidazole rings is 1. The minimum Gasteiger partial charge on any atom is -0.481 e. The maximum atomic E-state index is 13.2. The summed E-state index contributed by atoms with van der Waals surface area (Å²) < 4.78 is 1.81. The van der Waals surface area contributed by atoms with Gasteiger partial charge in [-0.25, -0.2) is 4.98 Å². The van der Waals surface area contributed by atoms with Gasteiger partial charge in [-0.1, -0.05) is 36.4 Å². The number of aromatic nitrogens is 2. The van der Waals surface area contributed by atoms with Crippen LogP contribution in [0.2, 0.25) is 0 Å². The summed E-state index contributed by atoms with van der Waals surface area (Å²) >= 11 is 0. The van der Waals surface area contributed by atoms with Crippen molar-refractivity contribution in [1.29, 1.82) is 0 Å². The van der Waals surface area contributed by atoms with Crippen LogP contribution >= 0.6 is 0 Å². The first-order valence-corrected chi connectivity index (χ1v) is 13.0. The number of carbonyl (C=O) groups is 2. The lowest BCUT2D eigenvalue weighted by Crippen LogP contribution is -2.51. The molecule has 3 atom stereocenters. The maximum Gasteiger partial charge on any atom is 0.304 e. The van der Waals surface area contributed by atoms with Crippen LogP contribution in [0.4, 0.5) is 0 Å². The largest absolute Gasteiger partial charge is 0.481 e. The van der Waals surface area contributed by atoms with Gasteiger partial charge in [0.15, 0.2) is 0 Å². The number of carbonyl (C=O) groups excluding carboxylic acids is 1. The Morgan fingerprint density at radius 1 is 1.03 bits per heavy atom. The lowest BCUT2D eigenvalue weighted by atomic mass is 9.45. The molecule has 6 nitrogen and oxygen atoms in total. The van der Waals surface area contributed by atoms with Crippen molar-refractivity contribution in [3.05, 3.63) is 71.7 Å². The van der Waals surface area contributed by atoms with Crippen LogP contribution in [0.25, 0.3) is 5.65 Å². The van der Waals surface area contributed by atoms with Crippen LogP contribution in [0.5, 0.6) is 0 Å². The van der Waals surface area contributed by atoms with Crippen LogP contribution in [0.1, 0.15) is 72.6 Å². The molecule has 3 unspecified atom stereocenters. The fourth-order valence-electron chi connectivity index (χ4n) is 7.55. The van der Waals surface area contributed by atoms with Crippen molar-refractivity contribution in [2.45, 2.75) is 57.3 Å². The third-order valence-electron chi connectivity index (χ3n) is 8.68. The van der Waals surface area contributed by atoms with E-state index in [1.165, 1.54) is 38.5 Å². The molecule has 0 radical (unpaired) electrons. The summed E-state index contributed by atoms with van der Waals surface area (Å²) in [5.41, 5.74) is 3.58. The van der Waals surface area contributed by atoms with Gasteiger partial charge >= 0.3 is 5.97 Å². The summed E-state index contributed by atoms with van der Waals surface area (Å²) in [5.74, 6) is 1.20. The number of fused-ring (bicyclic) bond motifs is 1. The second-order valence-electron chi connectivity index (χ2n) is 11.4. The van der Waals surface area contributed by atoms with Gasteiger partial charge in [0.05, 0.1) is 12.1 Å². The average molecular weight is 472 g/mol. The van der Waals surface area contributed by atoms with Crippen molar-refractivity contribution in [2.24, 2.45) is 23.2 Å². The third kappa shape index (κ3) is 4.46. The predicted octanol–water partition coefficient (Wildman–Crippen LogP) is 5.08. The lowest BCUT2D eigenvalue weighted by Gasteiger charge is -2.60. The number of nitrogens with zero attached hydrogens (tertiary/aromatic N) is 2. The minimum absolute atomic E-state index is 0.00817. The zero-order valence-corrected chi connectivity index (χ0v) is 20.0. The van der Waals surface area contributed by atoms with Crippen LogP contribution in [0, 0.1) is 23.2 Å². The standard InChI is InChI=1S/C29H33N3O3/c33-27(34)12-23(11-19-5-2-1-3-6-19)24-18-32-25(7-4-8-26(32)31-24)28(35)30-17-22-10-20-9-21-14-29(13-20,15-21)16-22/h1-8,18,20-23H,9-17H2,(H,30,35)(H,33,34). The first-order valence-electron chi connectivity index (χ1n) is 13.0. The van der Waals surface area contributed by atoms with Crippen molar-refractivity contribution in [1.82, 2.24) is 14.7 Å². The first kappa shape index (κ1) is 22.3. The monoisotopic (exact) mass is 471 g/mol. The lowest BCUT2D eigenvalue weighted by molar-refractivity contribution is -0.137. The zero-order valence-electron chi connectivity index (χ0n) is 20.0. The van der Waals surface area contributed by atoms with E-state index in [0.717, 1.165) is 23.9 Å². The highest BCUT2D eigenvalue weighted by Gasteiger charge is 2.53. The average Bonchev–Trinajstić information content (AvgIpc) is 3.26. The Morgan fingerprint density at radius 2 is 1.83 bits per heavy atom. The molecule has 0 aliphatic heterocycles. The van der Waals surface area contributed by atoms with Gasteiger partial charge in [-0.15, -0.1) is 0 Å². The van der Waals surface area contributed by atoms with Crippen LogP contribution in [0.15, 0.2) is 54.7 Å². The fourth-order valence-corrected chi connectivity index (χ4v) is 7.55. The molecule has 2 aromatic heterocycles. The molecule has 6 heteroatoms. The second-order valence-corrected chi connectivity index (χ2v) is 11.4. The quantitative estimate of drug-likeness (QED) is 0.480. The van der Waals surface area contributed by atoms with E-state index in [1.807, 2.05) is 59.1 Å². The summed E-state index contributed by atoms with van der Waals surface area (Å²) in [5, 5.41) is 12.7. The smallest absolute Gasteiger partial charge is 0.304 e.